The first-order valence-electron chi connectivity index (χ1n) is 9.34. The zero-order chi connectivity index (χ0) is 20.4. The second-order valence-electron chi connectivity index (χ2n) is 7.55. The highest BCUT2D eigenvalue weighted by atomic mass is 19.1. The maximum Gasteiger partial charge on any atom is 0.287 e. The zero-order valence-electron chi connectivity index (χ0n) is 16.3. The molecule has 28 heavy (non-hydrogen) atoms. The Morgan fingerprint density at radius 3 is 2.71 bits per heavy atom. The van der Waals surface area contributed by atoms with Crippen molar-refractivity contribution in [1.82, 2.24) is 5.32 Å². The fourth-order valence-electron chi connectivity index (χ4n) is 3.57. The molecule has 1 fully saturated rings. The van der Waals surface area contributed by atoms with Crippen LogP contribution in [0, 0.1) is 11.2 Å². The molecule has 0 spiro atoms. The van der Waals surface area contributed by atoms with Gasteiger partial charge in [-0.3, -0.25) is 4.79 Å². The molecule has 0 aliphatic heterocycles. The first kappa shape index (κ1) is 20.4. The summed E-state index contributed by atoms with van der Waals surface area (Å²) in [6, 6.07) is 9.21. The number of aliphatic hydroxyl groups excluding tert-OH is 1. The van der Waals surface area contributed by atoms with E-state index in [1.165, 1.54) is 18.2 Å². The van der Waals surface area contributed by atoms with Gasteiger partial charge in [0.05, 0.1) is 18.2 Å². The van der Waals surface area contributed by atoms with Crippen molar-refractivity contribution in [3.8, 4) is 5.75 Å². The molecule has 1 amide bonds. The fourth-order valence-corrected chi connectivity index (χ4v) is 3.57. The van der Waals surface area contributed by atoms with Crippen molar-refractivity contribution in [2.24, 2.45) is 5.41 Å². The minimum atomic E-state index is -0.777. The number of carbonyl (C=O) groups excluding carboxylic acids is 1. The highest BCUT2D eigenvalue weighted by Gasteiger charge is 2.61. The Balaban J connectivity index is 1.63. The molecule has 1 saturated carbocycles. The quantitative estimate of drug-likeness (QED) is 0.722. The molecule has 1 heterocycles. The molecule has 1 aliphatic rings. The lowest BCUT2D eigenvalue weighted by molar-refractivity contribution is -0.172. The Hall–Kier alpha value is -2.38. The minimum Gasteiger partial charge on any atom is -0.483 e. The number of aliphatic hydroxyl groups is 1. The van der Waals surface area contributed by atoms with E-state index in [0.717, 1.165) is 0 Å². The number of hydrogen-bond donors (Lipinski definition) is 2. The molecule has 7 heteroatoms. The lowest BCUT2D eigenvalue weighted by atomic mass is 9.54. The number of amides is 1. The second-order valence-corrected chi connectivity index (χ2v) is 7.55. The lowest BCUT2D eigenvalue weighted by Gasteiger charge is -2.60. The molecule has 0 unspecified atom stereocenters. The van der Waals surface area contributed by atoms with Crippen LogP contribution in [-0.4, -0.2) is 35.9 Å². The third-order valence-electron chi connectivity index (χ3n) is 5.65. The van der Waals surface area contributed by atoms with E-state index in [-0.39, 0.29) is 30.8 Å². The van der Waals surface area contributed by atoms with Crippen molar-refractivity contribution >= 4 is 5.91 Å². The number of rotatable bonds is 8. The minimum absolute atomic E-state index is 0.00271. The predicted octanol–water partition coefficient (Wildman–Crippen LogP) is 3.29. The number of ether oxygens (including phenoxy) is 2. The van der Waals surface area contributed by atoms with Gasteiger partial charge in [0, 0.05) is 18.4 Å². The summed E-state index contributed by atoms with van der Waals surface area (Å²) in [5.74, 6) is -0.272. The van der Waals surface area contributed by atoms with Crippen LogP contribution in [0.3, 0.4) is 0 Å². The van der Waals surface area contributed by atoms with E-state index in [9.17, 15) is 14.3 Å². The molecule has 1 aromatic carbocycles. The van der Waals surface area contributed by atoms with E-state index in [1.54, 1.807) is 18.2 Å². The smallest absolute Gasteiger partial charge is 0.287 e. The van der Waals surface area contributed by atoms with Gasteiger partial charge in [-0.05, 0) is 31.2 Å². The third-order valence-corrected chi connectivity index (χ3v) is 5.65. The molecule has 2 N–H and O–H groups in total. The summed E-state index contributed by atoms with van der Waals surface area (Å²) >= 11 is 0. The summed E-state index contributed by atoms with van der Waals surface area (Å²) in [5, 5.41) is 12.8. The Bertz CT molecular complexity index is 834. The van der Waals surface area contributed by atoms with Gasteiger partial charge in [0.25, 0.3) is 5.91 Å². The van der Waals surface area contributed by atoms with E-state index in [1.807, 2.05) is 20.8 Å². The lowest BCUT2D eigenvalue weighted by Crippen LogP contribution is -2.74. The molecule has 0 bridgehead atoms. The Morgan fingerprint density at radius 2 is 2.07 bits per heavy atom. The van der Waals surface area contributed by atoms with Crippen molar-refractivity contribution in [3.63, 3.8) is 0 Å². The van der Waals surface area contributed by atoms with Crippen LogP contribution in [0.5, 0.6) is 5.75 Å². The number of hydrogen-bond acceptors (Lipinski definition) is 5. The first-order valence-corrected chi connectivity index (χ1v) is 9.34. The van der Waals surface area contributed by atoms with Gasteiger partial charge in [-0.1, -0.05) is 26.0 Å². The topological polar surface area (TPSA) is 80.9 Å². The number of furan rings is 1. The van der Waals surface area contributed by atoms with Crippen molar-refractivity contribution in [2.75, 3.05) is 13.2 Å². The van der Waals surface area contributed by atoms with Gasteiger partial charge in [0.2, 0.25) is 0 Å². The van der Waals surface area contributed by atoms with Crippen LogP contribution < -0.4 is 10.1 Å². The Kier molecular flexibility index (Phi) is 5.76. The molecular formula is C21H26FNO5. The van der Waals surface area contributed by atoms with E-state index in [2.05, 4.69) is 5.32 Å². The summed E-state index contributed by atoms with van der Waals surface area (Å²) in [7, 11) is 0. The van der Waals surface area contributed by atoms with Crippen molar-refractivity contribution in [2.45, 2.75) is 45.4 Å². The SMILES string of the molecule is CCO[C@@H]1C[C@@](CO)(NC(=O)c2ccc(COc3ccccc3F)o2)C1(C)C. The standard InChI is InChI=1S/C21H26FNO5/c1-4-26-18-11-21(13-24,20(18,2)3)23-19(25)17-10-9-14(28-17)12-27-16-8-6-5-7-15(16)22/h5-10,18,24H,4,11-13H2,1-3H3,(H,23,25)/t18-,21+/m1/s1. The van der Waals surface area contributed by atoms with Crippen LogP contribution in [0.25, 0.3) is 0 Å². The molecule has 2 atom stereocenters. The zero-order valence-corrected chi connectivity index (χ0v) is 16.3. The predicted molar refractivity (Wildman–Crippen MR) is 101 cm³/mol. The van der Waals surface area contributed by atoms with E-state index < -0.39 is 22.7 Å². The molecule has 152 valence electrons. The summed E-state index contributed by atoms with van der Waals surface area (Å²) in [6.45, 7) is 6.22. The number of carbonyl (C=O) groups is 1. The van der Waals surface area contributed by atoms with Gasteiger partial charge >= 0.3 is 0 Å². The largest absolute Gasteiger partial charge is 0.483 e. The average molecular weight is 391 g/mol. The van der Waals surface area contributed by atoms with Crippen molar-refractivity contribution in [1.29, 1.82) is 0 Å². The maximum absolute atomic E-state index is 13.6. The second kappa shape index (κ2) is 7.93. The van der Waals surface area contributed by atoms with Crippen LogP contribution in [0.2, 0.25) is 0 Å². The molecule has 3 rings (SSSR count). The van der Waals surface area contributed by atoms with E-state index in [0.29, 0.717) is 18.8 Å². The van der Waals surface area contributed by atoms with Gasteiger partial charge in [0.1, 0.15) is 12.4 Å². The highest BCUT2D eigenvalue weighted by molar-refractivity contribution is 5.92. The van der Waals surface area contributed by atoms with Crippen LogP contribution in [0.1, 0.15) is 43.5 Å². The van der Waals surface area contributed by atoms with E-state index in [4.69, 9.17) is 13.9 Å². The van der Waals surface area contributed by atoms with Crippen molar-refractivity contribution < 1.29 is 28.2 Å². The normalized spacial score (nSPS) is 23.1. The maximum atomic E-state index is 13.6. The highest BCUT2D eigenvalue weighted by Crippen LogP contribution is 2.51. The number of nitrogens with one attached hydrogen (secondary N) is 1. The summed E-state index contributed by atoms with van der Waals surface area (Å²) in [4.78, 5) is 12.6. The van der Waals surface area contributed by atoms with Gasteiger partial charge in [-0.15, -0.1) is 0 Å². The molecule has 6 nitrogen and oxygen atoms in total. The molecule has 0 saturated heterocycles. The Morgan fingerprint density at radius 1 is 1.32 bits per heavy atom. The molecule has 0 radical (unpaired) electrons. The van der Waals surface area contributed by atoms with Crippen molar-refractivity contribution in [3.05, 3.63) is 53.7 Å². The number of benzene rings is 1. The van der Waals surface area contributed by atoms with Gasteiger partial charge < -0.3 is 24.3 Å². The molecular weight excluding hydrogens is 365 g/mol. The number of para-hydroxylation sites is 1. The number of halogens is 1. The Labute approximate surface area is 163 Å². The monoisotopic (exact) mass is 391 g/mol. The summed E-state index contributed by atoms with van der Waals surface area (Å²) < 4.78 is 30.2. The molecule has 1 aliphatic carbocycles. The first-order chi connectivity index (χ1) is 13.3. The average Bonchev–Trinajstić information content (AvgIpc) is 3.15. The molecule has 1 aromatic heterocycles. The molecule has 2 aromatic rings. The summed E-state index contributed by atoms with van der Waals surface area (Å²) in [5.41, 5.74) is -1.20. The van der Waals surface area contributed by atoms with E-state index >= 15 is 0 Å². The summed E-state index contributed by atoms with van der Waals surface area (Å²) in [6.07, 6.45) is 0.492. The van der Waals surface area contributed by atoms with Gasteiger partial charge in [-0.2, -0.15) is 0 Å². The van der Waals surface area contributed by atoms with Gasteiger partial charge in [-0.25, -0.2) is 4.39 Å². The van der Waals surface area contributed by atoms with Crippen LogP contribution in [0.15, 0.2) is 40.8 Å². The van der Waals surface area contributed by atoms with Crippen LogP contribution in [0.4, 0.5) is 4.39 Å². The van der Waals surface area contributed by atoms with Crippen LogP contribution in [-0.2, 0) is 11.3 Å². The van der Waals surface area contributed by atoms with Gasteiger partial charge in [0.15, 0.2) is 17.3 Å². The van der Waals surface area contributed by atoms with Crippen LogP contribution >= 0.6 is 0 Å². The third kappa shape index (κ3) is 3.64. The fraction of sp³-hybridized carbons (Fsp3) is 0.476.